The molecule has 0 spiro atoms. The molecule has 1 aromatic heterocycles. The van der Waals surface area contributed by atoms with Gasteiger partial charge in [0.05, 0.1) is 23.1 Å². The van der Waals surface area contributed by atoms with Gasteiger partial charge in [0.25, 0.3) is 5.91 Å². The zero-order valence-electron chi connectivity index (χ0n) is 16.3. The number of aromatic nitrogens is 2. The fourth-order valence-corrected chi connectivity index (χ4v) is 3.48. The van der Waals surface area contributed by atoms with E-state index in [1.54, 1.807) is 23.0 Å². The number of rotatable bonds is 4. The van der Waals surface area contributed by atoms with Crippen molar-refractivity contribution in [2.45, 2.75) is 12.5 Å². The maximum absolute atomic E-state index is 13.2. The number of nitrogens with zero attached hydrogens (tertiary/aromatic N) is 4. The van der Waals surface area contributed by atoms with Gasteiger partial charge in [-0.3, -0.25) is 4.79 Å². The molecule has 1 saturated heterocycles. The molecule has 0 bridgehead atoms. The molecular formula is C22H23FN4O. The van der Waals surface area contributed by atoms with Crippen molar-refractivity contribution >= 4 is 5.91 Å². The summed E-state index contributed by atoms with van der Waals surface area (Å²) in [6.45, 7) is 3.62. The summed E-state index contributed by atoms with van der Waals surface area (Å²) in [5.74, 6) is -0.223. The van der Waals surface area contributed by atoms with Crippen molar-refractivity contribution in [3.8, 4) is 16.9 Å². The first-order valence-electron chi connectivity index (χ1n) is 9.24. The van der Waals surface area contributed by atoms with E-state index in [0.29, 0.717) is 5.56 Å². The van der Waals surface area contributed by atoms with E-state index in [1.165, 1.54) is 12.1 Å². The van der Waals surface area contributed by atoms with Crippen molar-refractivity contribution in [3.05, 3.63) is 72.2 Å². The van der Waals surface area contributed by atoms with Crippen LogP contribution in [0.5, 0.6) is 0 Å². The minimum absolute atomic E-state index is 0.0464. The second-order valence-corrected chi connectivity index (χ2v) is 7.73. The molecule has 0 N–H and O–H groups in total. The summed E-state index contributed by atoms with van der Waals surface area (Å²) in [5, 5.41) is 4.38. The molecule has 144 valence electrons. The van der Waals surface area contributed by atoms with Gasteiger partial charge in [-0.05, 0) is 75.6 Å². The Morgan fingerprint density at radius 3 is 2.29 bits per heavy atom. The number of carbonyl (C=O) groups is 1. The molecule has 3 aromatic rings. The number of likely N-dealkylation sites (tertiary alicyclic amines) is 1. The van der Waals surface area contributed by atoms with Crippen LogP contribution in [0.1, 0.15) is 17.3 Å². The van der Waals surface area contributed by atoms with Gasteiger partial charge in [-0.1, -0.05) is 0 Å². The Bertz CT molecular complexity index is 986. The summed E-state index contributed by atoms with van der Waals surface area (Å²) in [6.07, 6.45) is 1.71. The number of hydrogen-bond donors (Lipinski definition) is 0. The summed E-state index contributed by atoms with van der Waals surface area (Å²) in [7, 11) is 4.08. The standard InChI is InChI=1S/C22H23FN4O/c1-22(25(2)3)14-26(15-22)21(28)17-6-10-19(11-7-17)27-20(12-13-24-27)16-4-8-18(23)9-5-16/h4-13H,14-15H2,1-3H3. The predicted octanol–water partition coefficient (Wildman–Crippen LogP) is 3.45. The van der Waals surface area contributed by atoms with Gasteiger partial charge in [0.1, 0.15) is 5.82 Å². The van der Waals surface area contributed by atoms with E-state index in [4.69, 9.17) is 0 Å². The highest BCUT2D eigenvalue weighted by atomic mass is 19.1. The van der Waals surface area contributed by atoms with Crippen molar-refractivity contribution in [1.82, 2.24) is 19.6 Å². The summed E-state index contributed by atoms with van der Waals surface area (Å²) in [6, 6.07) is 15.6. The Kier molecular flexibility index (Phi) is 4.51. The van der Waals surface area contributed by atoms with Crippen LogP contribution in [-0.2, 0) is 0 Å². The average Bonchev–Trinajstić information content (AvgIpc) is 3.15. The van der Waals surface area contributed by atoms with Gasteiger partial charge in [0.2, 0.25) is 0 Å². The van der Waals surface area contributed by atoms with Gasteiger partial charge in [0, 0.05) is 24.2 Å². The molecule has 28 heavy (non-hydrogen) atoms. The topological polar surface area (TPSA) is 41.4 Å². The van der Waals surface area contributed by atoms with Crippen LogP contribution >= 0.6 is 0 Å². The predicted molar refractivity (Wildman–Crippen MR) is 107 cm³/mol. The number of halogens is 1. The summed E-state index contributed by atoms with van der Waals surface area (Å²) >= 11 is 0. The summed E-state index contributed by atoms with van der Waals surface area (Å²) in [4.78, 5) is 16.7. The highest BCUT2D eigenvalue weighted by Crippen LogP contribution is 2.27. The molecule has 6 heteroatoms. The Balaban J connectivity index is 1.53. The van der Waals surface area contributed by atoms with Crippen molar-refractivity contribution in [1.29, 1.82) is 0 Å². The third-order valence-corrected chi connectivity index (χ3v) is 5.57. The Morgan fingerprint density at radius 1 is 1.04 bits per heavy atom. The summed E-state index contributed by atoms with van der Waals surface area (Å²) < 4.78 is 15.0. The van der Waals surface area contributed by atoms with Gasteiger partial charge < -0.3 is 9.80 Å². The van der Waals surface area contributed by atoms with Crippen LogP contribution in [-0.4, -0.2) is 58.2 Å². The first kappa shape index (κ1) is 18.4. The van der Waals surface area contributed by atoms with Crippen LogP contribution in [0, 0.1) is 5.82 Å². The molecule has 2 aromatic carbocycles. The lowest BCUT2D eigenvalue weighted by molar-refractivity contribution is -0.00669. The highest BCUT2D eigenvalue weighted by Gasteiger charge is 2.43. The van der Waals surface area contributed by atoms with Gasteiger partial charge in [-0.2, -0.15) is 5.10 Å². The SMILES string of the molecule is CN(C)C1(C)CN(C(=O)c2ccc(-n3nccc3-c3ccc(F)cc3)cc2)C1. The molecule has 1 amide bonds. The monoisotopic (exact) mass is 378 g/mol. The highest BCUT2D eigenvalue weighted by molar-refractivity contribution is 5.95. The average molecular weight is 378 g/mol. The van der Waals surface area contributed by atoms with Crippen molar-refractivity contribution < 1.29 is 9.18 Å². The number of benzene rings is 2. The lowest BCUT2D eigenvalue weighted by atomic mass is 9.90. The first-order valence-corrected chi connectivity index (χ1v) is 9.24. The third-order valence-electron chi connectivity index (χ3n) is 5.57. The molecule has 2 heterocycles. The maximum Gasteiger partial charge on any atom is 0.253 e. The largest absolute Gasteiger partial charge is 0.335 e. The zero-order chi connectivity index (χ0) is 19.9. The normalized spacial score (nSPS) is 15.5. The molecule has 0 radical (unpaired) electrons. The number of hydrogen-bond acceptors (Lipinski definition) is 3. The third kappa shape index (κ3) is 3.20. The van der Waals surface area contributed by atoms with E-state index < -0.39 is 0 Å². The van der Waals surface area contributed by atoms with E-state index in [-0.39, 0.29) is 17.3 Å². The van der Waals surface area contributed by atoms with E-state index >= 15 is 0 Å². The quantitative estimate of drug-likeness (QED) is 0.698. The molecule has 0 atom stereocenters. The van der Waals surface area contributed by atoms with Gasteiger partial charge in [0.15, 0.2) is 0 Å². The smallest absolute Gasteiger partial charge is 0.253 e. The molecule has 1 aliphatic rings. The summed E-state index contributed by atoms with van der Waals surface area (Å²) in [5.41, 5.74) is 3.31. The second kappa shape index (κ2) is 6.87. The Labute approximate surface area is 164 Å². The minimum atomic E-state index is -0.269. The molecule has 1 aliphatic heterocycles. The van der Waals surface area contributed by atoms with E-state index in [1.807, 2.05) is 49.3 Å². The van der Waals surface area contributed by atoms with Crippen molar-refractivity contribution in [2.24, 2.45) is 0 Å². The maximum atomic E-state index is 13.2. The number of likely N-dealkylation sites (N-methyl/N-ethyl adjacent to an activating group) is 1. The van der Waals surface area contributed by atoms with Crippen LogP contribution in [0.3, 0.4) is 0 Å². The zero-order valence-corrected chi connectivity index (χ0v) is 16.3. The van der Waals surface area contributed by atoms with Gasteiger partial charge in [-0.25, -0.2) is 9.07 Å². The van der Waals surface area contributed by atoms with Crippen LogP contribution in [0.2, 0.25) is 0 Å². The lowest BCUT2D eigenvalue weighted by Crippen LogP contribution is -2.67. The molecule has 0 aliphatic carbocycles. The fourth-order valence-electron chi connectivity index (χ4n) is 3.48. The molecule has 1 fully saturated rings. The second-order valence-electron chi connectivity index (χ2n) is 7.73. The molecule has 0 saturated carbocycles. The van der Waals surface area contributed by atoms with Crippen LogP contribution in [0.4, 0.5) is 4.39 Å². The lowest BCUT2D eigenvalue weighted by Gasteiger charge is -2.51. The van der Waals surface area contributed by atoms with Crippen molar-refractivity contribution in [3.63, 3.8) is 0 Å². The Morgan fingerprint density at radius 2 is 1.68 bits per heavy atom. The minimum Gasteiger partial charge on any atom is -0.335 e. The van der Waals surface area contributed by atoms with E-state index in [9.17, 15) is 9.18 Å². The number of amides is 1. The van der Waals surface area contributed by atoms with E-state index in [2.05, 4.69) is 16.9 Å². The fraction of sp³-hybridized carbons (Fsp3) is 0.273. The Hall–Kier alpha value is -2.99. The molecule has 0 unspecified atom stereocenters. The van der Waals surface area contributed by atoms with Crippen LogP contribution in [0.15, 0.2) is 60.8 Å². The molecular weight excluding hydrogens is 355 g/mol. The van der Waals surface area contributed by atoms with Gasteiger partial charge in [-0.15, -0.1) is 0 Å². The van der Waals surface area contributed by atoms with Crippen LogP contribution in [0.25, 0.3) is 16.9 Å². The van der Waals surface area contributed by atoms with E-state index in [0.717, 1.165) is 30.0 Å². The number of carbonyl (C=O) groups excluding carboxylic acids is 1. The van der Waals surface area contributed by atoms with Crippen molar-refractivity contribution in [2.75, 3.05) is 27.2 Å². The first-order chi connectivity index (χ1) is 13.4. The molecule has 5 nitrogen and oxygen atoms in total. The van der Waals surface area contributed by atoms with Crippen LogP contribution < -0.4 is 0 Å². The molecule has 4 rings (SSSR count). The van der Waals surface area contributed by atoms with Gasteiger partial charge >= 0.3 is 0 Å².